The van der Waals surface area contributed by atoms with Crippen LogP contribution in [0.4, 0.5) is 0 Å². The zero-order valence-electron chi connectivity index (χ0n) is 11.8. The van der Waals surface area contributed by atoms with Crippen LogP contribution in [0.2, 0.25) is 0 Å². The van der Waals surface area contributed by atoms with Crippen molar-refractivity contribution in [1.82, 2.24) is 4.98 Å². The Bertz CT molecular complexity index is 450. The van der Waals surface area contributed by atoms with E-state index >= 15 is 0 Å². The van der Waals surface area contributed by atoms with Gasteiger partial charge in [-0.2, -0.15) is 5.26 Å². The third-order valence-corrected chi connectivity index (χ3v) is 5.43. The number of thiazole rings is 1. The molecule has 1 heterocycles. The first kappa shape index (κ1) is 13.5. The number of nitrogens with zero attached hydrogens (tertiary/aromatic N) is 2. The molecule has 98 valence electrons. The normalized spacial score (nSPS) is 21.5. The first-order valence-electron chi connectivity index (χ1n) is 6.70. The summed E-state index contributed by atoms with van der Waals surface area (Å²) in [5.41, 5.74) is 1.38. The average molecular weight is 262 g/mol. The molecule has 1 aliphatic rings. The summed E-state index contributed by atoms with van der Waals surface area (Å²) in [6, 6.07) is 2.60. The lowest BCUT2D eigenvalue weighted by Crippen LogP contribution is -2.31. The van der Waals surface area contributed by atoms with Crippen LogP contribution in [0.25, 0.3) is 0 Å². The molecule has 3 heteroatoms. The van der Waals surface area contributed by atoms with Crippen molar-refractivity contribution in [2.75, 3.05) is 0 Å². The monoisotopic (exact) mass is 262 g/mol. The molecule has 0 atom stereocenters. The maximum Gasteiger partial charge on any atom is 0.0946 e. The summed E-state index contributed by atoms with van der Waals surface area (Å²) in [7, 11) is 0. The second-order valence-electron chi connectivity index (χ2n) is 6.48. The van der Waals surface area contributed by atoms with E-state index in [2.05, 4.69) is 38.7 Å². The number of hydrogen-bond acceptors (Lipinski definition) is 3. The number of aromatic nitrogens is 1. The van der Waals surface area contributed by atoms with E-state index in [1.54, 1.807) is 11.3 Å². The predicted molar refractivity (Wildman–Crippen MR) is 75.6 cm³/mol. The Labute approximate surface area is 114 Å². The van der Waals surface area contributed by atoms with Gasteiger partial charge >= 0.3 is 0 Å². The Kier molecular flexibility index (Phi) is 3.51. The van der Waals surface area contributed by atoms with E-state index in [1.165, 1.54) is 4.88 Å². The Balaban J connectivity index is 2.13. The van der Waals surface area contributed by atoms with Crippen molar-refractivity contribution in [2.24, 2.45) is 10.8 Å². The topological polar surface area (TPSA) is 36.7 Å². The van der Waals surface area contributed by atoms with Gasteiger partial charge in [-0.05, 0) is 44.9 Å². The van der Waals surface area contributed by atoms with E-state index in [0.717, 1.165) is 42.8 Å². The highest BCUT2D eigenvalue weighted by atomic mass is 32.1. The second-order valence-corrected chi connectivity index (χ2v) is 7.77. The van der Waals surface area contributed by atoms with E-state index in [9.17, 15) is 5.26 Å². The lowest BCUT2D eigenvalue weighted by Gasteiger charge is -2.39. The molecule has 1 fully saturated rings. The fraction of sp³-hybridized carbons (Fsp3) is 0.733. The minimum absolute atomic E-state index is 0.160. The summed E-state index contributed by atoms with van der Waals surface area (Å²) in [6.45, 7) is 8.79. The van der Waals surface area contributed by atoms with Gasteiger partial charge in [-0.15, -0.1) is 11.3 Å². The first-order chi connectivity index (χ1) is 8.36. The second kappa shape index (κ2) is 4.66. The lowest BCUT2D eigenvalue weighted by atomic mass is 9.64. The van der Waals surface area contributed by atoms with Crippen LogP contribution in [-0.2, 0) is 6.42 Å². The van der Waals surface area contributed by atoms with Crippen LogP contribution in [0.1, 0.15) is 55.1 Å². The fourth-order valence-electron chi connectivity index (χ4n) is 2.64. The Morgan fingerprint density at radius 2 is 1.83 bits per heavy atom. The molecule has 1 aliphatic carbocycles. The number of rotatable bonds is 2. The smallest absolute Gasteiger partial charge is 0.0946 e. The van der Waals surface area contributed by atoms with Gasteiger partial charge in [-0.25, -0.2) is 4.98 Å². The Hall–Kier alpha value is -0.880. The molecule has 2 nitrogen and oxygen atoms in total. The molecule has 1 aromatic heterocycles. The number of aryl methyl sites for hydroxylation is 2. The molecule has 1 aromatic rings. The van der Waals surface area contributed by atoms with Crippen molar-refractivity contribution in [3.8, 4) is 6.07 Å². The van der Waals surface area contributed by atoms with Crippen LogP contribution in [0.5, 0.6) is 0 Å². The summed E-state index contributed by atoms with van der Waals surface area (Å²) in [5.74, 6) is 0. The summed E-state index contributed by atoms with van der Waals surface area (Å²) in [6.07, 6.45) is 5.20. The zero-order valence-corrected chi connectivity index (χ0v) is 12.7. The molecular formula is C15H22N2S. The molecule has 0 N–H and O–H groups in total. The largest absolute Gasteiger partial charge is 0.246 e. The summed E-state index contributed by atoms with van der Waals surface area (Å²) < 4.78 is 0. The van der Waals surface area contributed by atoms with Gasteiger partial charge < -0.3 is 0 Å². The molecule has 2 rings (SSSR count). The summed E-state index contributed by atoms with van der Waals surface area (Å²) in [4.78, 5) is 5.89. The van der Waals surface area contributed by atoms with Crippen molar-refractivity contribution in [1.29, 1.82) is 5.26 Å². The average Bonchev–Trinajstić information content (AvgIpc) is 2.62. The minimum atomic E-state index is -0.160. The SMILES string of the molecule is Cc1nc(CC2(C#N)CCC(C)(C)CC2)sc1C. The molecule has 1 saturated carbocycles. The predicted octanol–water partition coefficient (Wildman–Crippen LogP) is 4.41. The highest BCUT2D eigenvalue weighted by molar-refractivity contribution is 7.11. The maximum absolute atomic E-state index is 9.58. The molecule has 0 radical (unpaired) electrons. The van der Waals surface area contributed by atoms with Crippen molar-refractivity contribution < 1.29 is 0 Å². The van der Waals surface area contributed by atoms with Gasteiger partial charge in [0, 0.05) is 11.3 Å². The van der Waals surface area contributed by atoms with Crippen LogP contribution >= 0.6 is 11.3 Å². The van der Waals surface area contributed by atoms with Crippen molar-refractivity contribution in [3.63, 3.8) is 0 Å². The number of nitriles is 1. The van der Waals surface area contributed by atoms with E-state index in [-0.39, 0.29) is 5.41 Å². The molecule has 0 amide bonds. The minimum Gasteiger partial charge on any atom is -0.246 e. The van der Waals surface area contributed by atoms with E-state index in [1.807, 2.05) is 0 Å². The van der Waals surface area contributed by atoms with Gasteiger partial charge in [-0.3, -0.25) is 0 Å². The van der Waals surface area contributed by atoms with Gasteiger partial charge in [0.25, 0.3) is 0 Å². The first-order valence-corrected chi connectivity index (χ1v) is 7.52. The van der Waals surface area contributed by atoms with Crippen LogP contribution in [0.15, 0.2) is 0 Å². The van der Waals surface area contributed by atoms with Crippen molar-refractivity contribution in [3.05, 3.63) is 15.6 Å². The lowest BCUT2D eigenvalue weighted by molar-refractivity contribution is 0.146. The van der Waals surface area contributed by atoms with Crippen LogP contribution < -0.4 is 0 Å². The van der Waals surface area contributed by atoms with Crippen LogP contribution in [0.3, 0.4) is 0 Å². The maximum atomic E-state index is 9.58. The molecule has 0 unspecified atom stereocenters. The van der Waals surface area contributed by atoms with Crippen molar-refractivity contribution >= 4 is 11.3 Å². The van der Waals surface area contributed by atoms with Gasteiger partial charge in [-0.1, -0.05) is 13.8 Å². The third-order valence-electron chi connectivity index (χ3n) is 4.36. The van der Waals surface area contributed by atoms with Gasteiger partial charge in [0.2, 0.25) is 0 Å². The zero-order chi connectivity index (χ0) is 13.4. The molecule has 0 bridgehead atoms. The molecule has 0 aromatic carbocycles. The molecule has 0 spiro atoms. The van der Waals surface area contributed by atoms with Crippen LogP contribution in [0, 0.1) is 36.0 Å². The third kappa shape index (κ3) is 2.75. The van der Waals surface area contributed by atoms with Gasteiger partial charge in [0.1, 0.15) is 0 Å². The van der Waals surface area contributed by atoms with Gasteiger partial charge in [0.05, 0.1) is 22.2 Å². The number of hydrogen-bond donors (Lipinski definition) is 0. The Morgan fingerprint density at radius 3 is 2.28 bits per heavy atom. The quantitative estimate of drug-likeness (QED) is 0.791. The van der Waals surface area contributed by atoms with Crippen LogP contribution in [-0.4, -0.2) is 4.98 Å². The summed E-state index contributed by atoms with van der Waals surface area (Å²) >= 11 is 1.76. The van der Waals surface area contributed by atoms with E-state index in [0.29, 0.717) is 5.41 Å². The molecule has 0 saturated heterocycles. The fourth-order valence-corrected chi connectivity index (χ4v) is 3.72. The van der Waals surface area contributed by atoms with Gasteiger partial charge in [0.15, 0.2) is 0 Å². The molecule has 0 aliphatic heterocycles. The van der Waals surface area contributed by atoms with Crippen molar-refractivity contribution in [2.45, 2.75) is 59.8 Å². The molecule has 18 heavy (non-hydrogen) atoms. The highest BCUT2D eigenvalue weighted by Gasteiger charge is 2.39. The van der Waals surface area contributed by atoms with E-state index < -0.39 is 0 Å². The standard InChI is InChI=1S/C15H22N2S/c1-11-12(2)18-13(17-11)9-15(10-16)7-5-14(3,4)6-8-15/h5-9H2,1-4H3. The summed E-state index contributed by atoms with van der Waals surface area (Å²) in [5, 5.41) is 10.7. The van der Waals surface area contributed by atoms with E-state index in [4.69, 9.17) is 0 Å². The highest BCUT2D eigenvalue weighted by Crippen LogP contribution is 2.46. The Morgan fingerprint density at radius 1 is 1.22 bits per heavy atom. The molecular weight excluding hydrogens is 240 g/mol.